The van der Waals surface area contributed by atoms with E-state index in [-0.39, 0.29) is 11.6 Å². The van der Waals surface area contributed by atoms with Crippen LogP contribution in [0.4, 0.5) is 14.5 Å². The first-order chi connectivity index (χ1) is 12.3. The van der Waals surface area contributed by atoms with E-state index < -0.39 is 18.7 Å². The second-order valence-electron chi connectivity index (χ2n) is 5.39. The van der Waals surface area contributed by atoms with Gasteiger partial charge in [0.2, 0.25) is 0 Å². The van der Waals surface area contributed by atoms with Crippen LogP contribution in [0.2, 0.25) is 5.02 Å². The molecule has 1 heterocycles. The number of benzene rings is 1. The summed E-state index contributed by atoms with van der Waals surface area (Å²) in [4.78, 5) is 18.9. The van der Waals surface area contributed by atoms with Gasteiger partial charge in [0.25, 0.3) is 11.9 Å². The molecular weight excluding hydrogens is 366 g/mol. The Morgan fingerprint density at radius 2 is 2.15 bits per heavy atom. The lowest BCUT2D eigenvalue weighted by Gasteiger charge is -2.14. The molecule has 3 N–H and O–H groups in total. The summed E-state index contributed by atoms with van der Waals surface area (Å²) in [6.07, 6.45) is 1.31. The molecule has 0 saturated heterocycles. The Kier molecular flexibility index (Phi) is 6.85. The largest absolute Gasteiger partial charge is 0.462 e. The number of pyridine rings is 1. The zero-order valence-electron chi connectivity index (χ0n) is 13.8. The Balaban J connectivity index is 1.99. The minimum Gasteiger partial charge on any atom is -0.462 e. The number of nitrogens with two attached hydrogens (primary N) is 1. The molecule has 0 saturated carbocycles. The molecule has 6 nitrogen and oxygen atoms in total. The van der Waals surface area contributed by atoms with Gasteiger partial charge in [-0.05, 0) is 36.8 Å². The number of carbonyl (C=O) groups is 1. The van der Waals surface area contributed by atoms with Gasteiger partial charge < -0.3 is 15.8 Å². The van der Waals surface area contributed by atoms with Crippen LogP contribution in [0.3, 0.4) is 0 Å². The third-order valence-corrected chi connectivity index (χ3v) is 3.44. The number of anilines is 1. The zero-order chi connectivity index (χ0) is 19.1. The van der Waals surface area contributed by atoms with Crippen LogP contribution in [-0.4, -0.2) is 29.6 Å². The Labute approximate surface area is 154 Å². The highest BCUT2D eigenvalue weighted by molar-refractivity contribution is 6.30. The first kappa shape index (κ1) is 19.6. The van der Waals surface area contributed by atoms with Crippen LogP contribution in [0.25, 0.3) is 0 Å². The van der Waals surface area contributed by atoms with E-state index in [1.54, 1.807) is 31.2 Å². The lowest BCUT2D eigenvalue weighted by atomic mass is 10.1. The van der Waals surface area contributed by atoms with Crippen LogP contribution in [0.1, 0.15) is 23.0 Å². The molecule has 9 heteroatoms. The molecule has 0 unspecified atom stereocenters. The second-order valence-corrected chi connectivity index (χ2v) is 5.83. The normalized spacial score (nSPS) is 12.7. The fraction of sp³-hybridized carbons (Fsp3) is 0.235. The molecule has 2 rings (SSSR count). The topological polar surface area (TPSA) is 89.6 Å². The first-order valence-electron chi connectivity index (χ1n) is 7.63. The van der Waals surface area contributed by atoms with Crippen LogP contribution in [0, 0.1) is 0 Å². The van der Waals surface area contributed by atoms with Crippen LogP contribution < -0.4 is 11.1 Å². The fourth-order valence-electron chi connectivity index (χ4n) is 2.19. The van der Waals surface area contributed by atoms with Crippen molar-refractivity contribution in [3.05, 3.63) is 58.9 Å². The van der Waals surface area contributed by atoms with Crippen molar-refractivity contribution in [2.45, 2.75) is 26.0 Å². The molecule has 1 amide bonds. The summed E-state index contributed by atoms with van der Waals surface area (Å²) in [5.74, 6) is -0.378. The standard InChI is InChI=1S/C17H17ClF2N4O2/c1-10(26-17(21)24-16(19)20)7-11-3-2-4-13(8-11)23-15(25)14-6-5-12(18)9-22-14/h2-6,8-10,16H,7H2,1H3,(H2,21,24)(H,23,25)/t10-/m1/s1. The van der Waals surface area contributed by atoms with Crippen molar-refractivity contribution in [1.82, 2.24) is 4.98 Å². The highest BCUT2D eigenvalue weighted by Gasteiger charge is 2.11. The van der Waals surface area contributed by atoms with E-state index in [1.807, 2.05) is 6.07 Å². The summed E-state index contributed by atoms with van der Waals surface area (Å²) in [6.45, 7) is -1.24. The maximum absolute atomic E-state index is 12.2. The highest BCUT2D eigenvalue weighted by atomic mass is 35.5. The summed E-state index contributed by atoms with van der Waals surface area (Å²) < 4.78 is 29.3. The van der Waals surface area contributed by atoms with Gasteiger partial charge in [-0.3, -0.25) is 4.79 Å². The van der Waals surface area contributed by atoms with Crippen molar-refractivity contribution in [2.24, 2.45) is 10.7 Å². The third kappa shape index (κ3) is 6.29. The maximum Gasteiger partial charge on any atom is 0.336 e. The molecule has 1 aromatic carbocycles. The molecule has 0 aliphatic rings. The minimum absolute atomic E-state index is 0.229. The smallest absolute Gasteiger partial charge is 0.336 e. The van der Waals surface area contributed by atoms with E-state index in [0.717, 1.165) is 5.56 Å². The molecule has 138 valence electrons. The van der Waals surface area contributed by atoms with Gasteiger partial charge in [-0.15, -0.1) is 0 Å². The van der Waals surface area contributed by atoms with E-state index in [9.17, 15) is 13.6 Å². The molecule has 0 aliphatic heterocycles. The summed E-state index contributed by atoms with van der Waals surface area (Å²) in [5, 5.41) is 3.16. The highest BCUT2D eigenvalue weighted by Crippen LogP contribution is 2.15. The van der Waals surface area contributed by atoms with Gasteiger partial charge in [-0.25, -0.2) is 4.98 Å². The van der Waals surface area contributed by atoms with Crippen LogP contribution in [0.5, 0.6) is 0 Å². The van der Waals surface area contributed by atoms with E-state index in [0.29, 0.717) is 17.1 Å². The molecule has 2 aromatic rings. The van der Waals surface area contributed by atoms with Gasteiger partial charge >= 0.3 is 6.55 Å². The summed E-state index contributed by atoms with van der Waals surface area (Å²) >= 11 is 5.74. The van der Waals surface area contributed by atoms with E-state index in [2.05, 4.69) is 15.3 Å². The number of rotatable bonds is 6. The van der Waals surface area contributed by atoms with Crippen LogP contribution in [0.15, 0.2) is 47.6 Å². The summed E-state index contributed by atoms with van der Waals surface area (Å²) in [7, 11) is 0. The van der Waals surface area contributed by atoms with Gasteiger partial charge in [-0.2, -0.15) is 13.8 Å². The molecule has 1 aromatic heterocycles. The summed E-state index contributed by atoms with van der Waals surface area (Å²) in [5.41, 5.74) is 6.89. The number of aromatic nitrogens is 1. The number of aliphatic imine (C=N–C) groups is 1. The summed E-state index contributed by atoms with van der Waals surface area (Å²) in [6, 6.07) is 9.56. The molecule has 0 fully saturated rings. The second kappa shape index (κ2) is 9.10. The van der Waals surface area contributed by atoms with Crippen molar-refractivity contribution >= 4 is 29.2 Å². The van der Waals surface area contributed by atoms with Gasteiger partial charge in [0, 0.05) is 18.3 Å². The van der Waals surface area contributed by atoms with Crippen molar-refractivity contribution in [1.29, 1.82) is 0 Å². The van der Waals surface area contributed by atoms with Crippen molar-refractivity contribution in [3.63, 3.8) is 0 Å². The lowest BCUT2D eigenvalue weighted by Crippen LogP contribution is -2.24. The number of nitrogens with zero attached hydrogens (tertiary/aromatic N) is 2. The molecule has 0 bridgehead atoms. The number of amides is 1. The Morgan fingerprint density at radius 3 is 2.81 bits per heavy atom. The van der Waals surface area contributed by atoms with E-state index in [4.69, 9.17) is 22.1 Å². The van der Waals surface area contributed by atoms with Crippen molar-refractivity contribution in [3.8, 4) is 0 Å². The monoisotopic (exact) mass is 382 g/mol. The average molecular weight is 383 g/mol. The third-order valence-electron chi connectivity index (χ3n) is 3.21. The van der Waals surface area contributed by atoms with Gasteiger partial charge in [0.05, 0.1) is 5.02 Å². The molecule has 26 heavy (non-hydrogen) atoms. The first-order valence-corrected chi connectivity index (χ1v) is 8.01. The number of halogens is 3. The van der Waals surface area contributed by atoms with Crippen LogP contribution in [-0.2, 0) is 11.2 Å². The van der Waals surface area contributed by atoms with Crippen molar-refractivity contribution < 1.29 is 18.3 Å². The van der Waals surface area contributed by atoms with E-state index in [1.165, 1.54) is 12.3 Å². The number of amidine groups is 1. The fourth-order valence-corrected chi connectivity index (χ4v) is 2.30. The maximum atomic E-state index is 12.2. The number of carbonyl (C=O) groups excluding carboxylic acids is 1. The zero-order valence-corrected chi connectivity index (χ0v) is 14.6. The van der Waals surface area contributed by atoms with Crippen LogP contribution >= 0.6 is 11.6 Å². The quantitative estimate of drug-likeness (QED) is 0.454. The van der Waals surface area contributed by atoms with Crippen molar-refractivity contribution in [2.75, 3.05) is 5.32 Å². The van der Waals surface area contributed by atoms with Gasteiger partial charge in [0.1, 0.15) is 11.8 Å². The lowest BCUT2D eigenvalue weighted by molar-refractivity contribution is 0.102. The molecular formula is C17H17ClF2N4O2. The van der Waals surface area contributed by atoms with Gasteiger partial charge in [-0.1, -0.05) is 23.7 Å². The van der Waals surface area contributed by atoms with E-state index >= 15 is 0 Å². The SMILES string of the molecule is C[C@H](Cc1cccc(NC(=O)c2ccc(Cl)cn2)c1)O/C(N)=N\C(F)F. The predicted octanol–water partition coefficient (Wildman–Crippen LogP) is 3.47. The molecule has 0 aliphatic carbocycles. The Hall–Kier alpha value is -2.74. The molecule has 0 radical (unpaired) electrons. The number of hydrogen-bond donors (Lipinski definition) is 2. The number of ether oxygens (including phenoxy) is 1. The predicted molar refractivity (Wildman–Crippen MR) is 95.5 cm³/mol. The number of nitrogens with one attached hydrogen (secondary N) is 1. The Morgan fingerprint density at radius 1 is 1.38 bits per heavy atom. The number of hydrogen-bond acceptors (Lipinski definition) is 4. The van der Waals surface area contributed by atoms with Gasteiger partial charge in [0.15, 0.2) is 0 Å². The molecule has 1 atom stereocenters. The molecule has 0 spiro atoms. The average Bonchev–Trinajstić information content (AvgIpc) is 2.54. The Bertz CT molecular complexity index is 785. The number of alkyl halides is 2. The minimum atomic E-state index is -2.91.